The number of hydrogen-bond acceptors (Lipinski definition) is 1. The van der Waals surface area contributed by atoms with Gasteiger partial charge in [0.2, 0.25) is 28.3 Å². The van der Waals surface area contributed by atoms with E-state index >= 15 is 0 Å². The highest BCUT2D eigenvalue weighted by atomic mass is 16.3. The molecule has 232 valence electrons. The summed E-state index contributed by atoms with van der Waals surface area (Å²) in [6.07, 6.45) is 5.66. The zero-order valence-electron chi connectivity index (χ0n) is 27.3. The first-order valence-electron chi connectivity index (χ1n) is 17.6. The van der Waals surface area contributed by atoms with Crippen LogP contribution < -0.4 is 8.97 Å². The van der Waals surface area contributed by atoms with Gasteiger partial charge in [0.1, 0.15) is 16.6 Å². The molecule has 0 amide bonds. The minimum Gasteiger partial charge on any atom is -0.456 e. The van der Waals surface area contributed by atoms with Gasteiger partial charge in [-0.2, -0.15) is 8.97 Å². The fourth-order valence-corrected chi connectivity index (χ4v) is 10.2. The molecule has 1 aliphatic heterocycles. The Labute approximate surface area is 286 Å². The summed E-state index contributed by atoms with van der Waals surface area (Å²) in [6, 6.07) is 45.3. The van der Waals surface area contributed by atoms with Crippen LogP contribution in [0.4, 0.5) is 0 Å². The molecule has 0 N–H and O–H groups in total. The fraction of sp³-hybridized carbons (Fsp3) is 0.0870. The van der Waals surface area contributed by atoms with Gasteiger partial charge >= 0.3 is 0 Å². The largest absolute Gasteiger partial charge is 0.456 e. The Balaban J connectivity index is 1.23. The molecule has 5 aromatic carbocycles. The molecule has 0 saturated carbocycles. The van der Waals surface area contributed by atoms with Crippen molar-refractivity contribution in [3.05, 3.63) is 156 Å². The van der Waals surface area contributed by atoms with Gasteiger partial charge in [0.15, 0.2) is 6.20 Å². The van der Waals surface area contributed by atoms with Crippen LogP contribution in [0.2, 0.25) is 0 Å². The lowest BCUT2D eigenvalue weighted by Gasteiger charge is -2.26. The van der Waals surface area contributed by atoms with E-state index in [1.165, 1.54) is 98.8 Å². The van der Waals surface area contributed by atoms with Crippen LogP contribution >= 0.6 is 0 Å². The first-order chi connectivity index (χ1) is 24.7. The van der Waals surface area contributed by atoms with Gasteiger partial charge in [-0.15, -0.1) is 0 Å². The number of aromatic nitrogens is 3. The van der Waals surface area contributed by atoms with Gasteiger partial charge in [-0.05, 0) is 90.0 Å². The monoisotopic (exact) mass is 639 g/mol. The number of rotatable bonds is 0. The number of hydrogen-bond donors (Lipinski definition) is 0. The van der Waals surface area contributed by atoms with E-state index in [-0.39, 0.29) is 6.04 Å². The summed E-state index contributed by atoms with van der Waals surface area (Å²) in [5, 5.41) is 10.2. The predicted molar refractivity (Wildman–Crippen MR) is 200 cm³/mol. The molecule has 2 unspecified atom stereocenters. The Hall–Kier alpha value is -6.26. The van der Waals surface area contributed by atoms with Gasteiger partial charge in [-0.1, -0.05) is 48.5 Å². The van der Waals surface area contributed by atoms with E-state index in [1.54, 1.807) is 0 Å². The van der Waals surface area contributed by atoms with Crippen LogP contribution in [0, 0.1) is 6.92 Å². The minimum atomic E-state index is 0.205. The molecule has 13 rings (SSSR count). The van der Waals surface area contributed by atoms with E-state index in [1.807, 2.05) is 0 Å². The number of fused-ring (bicyclic) bond motifs is 23. The fourth-order valence-electron chi connectivity index (χ4n) is 10.2. The molecule has 6 aromatic heterocycles. The second kappa shape index (κ2) is 8.66. The highest BCUT2D eigenvalue weighted by Crippen LogP contribution is 2.51. The minimum absolute atomic E-state index is 0.205. The maximum atomic E-state index is 6.44. The van der Waals surface area contributed by atoms with Gasteiger partial charge < -0.3 is 8.82 Å². The van der Waals surface area contributed by atoms with Crippen LogP contribution in [0.15, 0.2) is 138 Å². The standard InChI is InChI=1S/C46H29N3O/c1-25-16-18-38-34-21-33-29-13-8-12-28-30-17-19-41-42(31-11-4-5-15-40(31)50-41)44(30)49(43(28)29)39(33)23-32(34)36-22-35-26-9-2-3-10-27(26)37-14-6-7-20-47(37)45(35)46(36)48(38)24-25/h2-21,23-24,35,45H,22H2,1H3/q+2. The van der Waals surface area contributed by atoms with Crippen LogP contribution in [-0.4, -0.2) is 4.40 Å². The predicted octanol–water partition coefficient (Wildman–Crippen LogP) is 10.1. The molecule has 2 aliphatic rings. The van der Waals surface area contributed by atoms with Crippen LogP contribution in [-0.2, 0) is 6.42 Å². The zero-order valence-corrected chi connectivity index (χ0v) is 27.3. The molecular formula is C46H29N3O+2. The molecule has 2 atom stereocenters. The number of furan rings is 1. The van der Waals surface area contributed by atoms with Crippen molar-refractivity contribution in [3.63, 3.8) is 0 Å². The van der Waals surface area contributed by atoms with E-state index in [2.05, 4.69) is 154 Å². The van der Waals surface area contributed by atoms with Crippen molar-refractivity contribution in [2.45, 2.75) is 25.3 Å². The van der Waals surface area contributed by atoms with Gasteiger partial charge in [0.05, 0.1) is 38.7 Å². The number of benzene rings is 5. The molecular weight excluding hydrogens is 611 g/mol. The molecule has 0 bridgehead atoms. The smallest absolute Gasteiger partial charge is 0.231 e. The first-order valence-corrected chi connectivity index (χ1v) is 17.6. The van der Waals surface area contributed by atoms with Gasteiger partial charge in [0, 0.05) is 40.7 Å². The van der Waals surface area contributed by atoms with E-state index in [0.29, 0.717) is 5.92 Å². The van der Waals surface area contributed by atoms with Crippen molar-refractivity contribution >= 4 is 76.3 Å². The first kappa shape index (κ1) is 25.7. The quantitative estimate of drug-likeness (QED) is 0.120. The third-order valence-electron chi connectivity index (χ3n) is 12.1. The third kappa shape index (κ3) is 2.89. The van der Waals surface area contributed by atoms with Crippen LogP contribution in [0.5, 0.6) is 0 Å². The van der Waals surface area contributed by atoms with Gasteiger partial charge in [-0.3, -0.25) is 0 Å². The van der Waals surface area contributed by atoms with Crippen LogP contribution in [0.3, 0.4) is 0 Å². The Kier molecular flexibility index (Phi) is 4.45. The number of nitrogens with zero attached hydrogens (tertiary/aromatic N) is 3. The Morgan fingerprint density at radius 2 is 1.48 bits per heavy atom. The average molecular weight is 640 g/mol. The molecule has 11 aromatic rings. The van der Waals surface area contributed by atoms with E-state index < -0.39 is 0 Å². The van der Waals surface area contributed by atoms with Crippen molar-refractivity contribution in [2.24, 2.45) is 0 Å². The topological polar surface area (TPSA) is 25.5 Å². The zero-order chi connectivity index (χ0) is 32.4. The number of pyridine rings is 3. The van der Waals surface area contributed by atoms with Crippen LogP contribution in [0.25, 0.3) is 87.6 Å². The Morgan fingerprint density at radius 1 is 0.660 bits per heavy atom. The highest BCUT2D eigenvalue weighted by molar-refractivity contribution is 6.26. The summed E-state index contributed by atoms with van der Waals surface area (Å²) in [4.78, 5) is 0. The second-order valence-electron chi connectivity index (χ2n) is 14.5. The summed E-state index contributed by atoms with van der Waals surface area (Å²) in [5.74, 6) is 0.351. The van der Waals surface area contributed by atoms with E-state index in [0.717, 1.165) is 17.6 Å². The molecule has 4 nitrogen and oxygen atoms in total. The second-order valence-corrected chi connectivity index (χ2v) is 14.5. The summed E-state index contributed by atoms with van der Waals surface area (Å²) < 4.78 is 14.1. The van der Waals surface area contributed by atoms with Crippen molar-refractivity contribution in [3.8, 4) is 11.3 Å². The summed E-state index contributed by atoms with van der Waals surface area (Å²) >= 11 is 0. The molecule has 0 saturated heterocycles. The number of aryl methyl sites for hydroxylation is 1. The summed E-state index contributed by atoms with van der Waals surface area (Å²) in [5.41, 5.74) is 15.2. The van der Waals surface area contributed by atoms with Crippen LogP contribution in [0.1, 0.15) is 34.3 Å². The van der Waals surface area contributed by atoms with Gasteiger partial charge in [0.25, 0.3) is 0 Å². The Morgan fingerprint density at radius 3 is 2.44 bits per heavy atom. The van der Waals surface area contributed by atoms with Crippen molar-refractivity contribution in [2.75, 3.05) is 0 Å². The molecule has 4 heteroatoms. The number of para-hydroxylation sites is 2. The maximum absolute atomic E-state index is 6.44. The van der Waals surface area contributed by atoms with Crippen molar-refractivity contribution < 1.29 is 13.4 Å². The Bertz CT molecular complexity index is 3330. The lowest BCUT2D eigenvalue weighted by atomic mass is 9.84. The van der Waals surface area contributed by atoms with Gasteiger partial charge in [-0.25, -0.2) is 0 Å². The van der Waals surface area contributed by atoms with Crippen molar-refractivity contribution in [1.82, 2.24) is 4.40 Å². The highest BCUT2D eigenvalue weighted by Gasteiger charge is 2.48. The van der Waals surface area contributed by atoms with Crippen molar-refractivity contribution in [1.29, 1.82) is 0 Å². The normalized spacial score (nSPS) is 16.8. The van der Waals surface area contributed by atoms with E-state index in [4.69, 9.17) is 4.42 Å². The average Bonchev–Trinajstić information content (AvgIpc) is 3.91. The molecule has 50 heavy (non-hydrogen) atoms. The maximum Gasteiger partial charge on any atom is 0.231 e. The van der Waals surface area contributed by atoms with E-state index in [9.17, 15) is 0 Å². The molecule has 7 heterocycles. The molecule has 0 radical (unpaired) electrons. The molecule has 0 spiro atoms. The lowest BCUT2D eigenvalue weighted by Crippen LogP contribution is -2.46. The summed E-state index contributed by atoms with van der Waals surface area (Å²) in [6.45, 7) is 2.22. The third-order valence-corrected chi connectivity index (χ3v) is 12.1. The lowest BCUT2D eigenvalue weighted by molar-refractivity contribution is -0.707. The summed E-state index contributed by atoms with van der Waals surface area (Å²) in [7, 11) is 0. The SMILES string of the molecule is Cc1ccc2c3cc4c5cccc6c7ccc8oc9ccccc9c8c7[n+](c4cc3c3c(n2c1)C1C(C3)c2ccccc2-c2cccc[n+]21)c56. The molecule has 1 aliphatic carbocycles. The molecule has 0 fully saturated rings.